The molecule has 1 aromatic carbocycles. The highest BCUT2D eigenvalue weighted by atomic mass is 32.2. The molecule has 0 spiro atoms. The molecule has 2 N–H and O–H groups in total. The molecule has 5 nitrogen and oxygen atoms in total. The van der Waals surface area contributed by atoms with Crippen LogP contribution in [0.1, 0.15) is 18.4 Å². The zero-order valence-electron chi connectivity index (χ0n) is 13.0. The van der Waals surface area contributed by atoms with Crippen molar-refractivity contribution in [2.75, 3.05) is 38.6 Å². The first-order valence-corrected chi connectivity index (χ1v) is 8.78. The van der Waals surface area contributed by atoms with Gasteiger partial charge in [0.25, 0.3) is 0 Å². The number of anilines is 1. The molecule has 6 heteroatoms. The van der Waals surface area contributed by atoms with E-state index < -0.39 is 10.0 Å². The van der Waals surface area contributed by atoms with Crippen LogP contribution in [0.25, 0.3) is 0 Å². The standard InChI is InChI=1S/C15H25N3O2S/c1-12-4-5-14(10-15(12)17(2)3)21(19,20)18-8-6-13(11-16)7-9-18/h4-5,10,13H,6-9,11,16H2,1-3H3. The van der Waals surface area contributed by atoms with Crippen LogP contribution >= 0.6 is 0 Å². The molecule has 1 heterocycles. The van der Waals surface area contributed by atoms with E-state index in [0.29, 0.717) is 30.4 Å². The molecule has 0 bridgehead atoms. The Morgan fingerprint density at radius 2 is 1.90 bits per heavy atom. The van der Waals surface area contributed by atoms with Crippen molar-refractivity contribution in [1.82, 2.24) is 4.31 Å². The van der Waals surface area contributed by atoms with Crippen molar-refractivity contribution in [3.63, 3.8) is 0 Å². The van der Waals surface area contributed by atoms with E-state index >= 15 is 0 Å². The van der Waals surface area contributed by atoms with Crippen LogP contribution in [0.5, 0.6) is 0 Å². The number of hydrogen-bond donors (Lipinski definition) is 1. The van der Waals surface area contributed by atoms with Crippen LogP contribution in [0.4, 0.5) is 5.69 Å². The van der Waals surface area contributed by atoms with Crippen LogP contribution in [0.3, 0.4) is 0 Å². The molecule has 0 aliphatic carbocycles. The molecule has 2 rings (SSSR count). The summed E-state index contributed by atoms with van der Waals surface area (Å²) in [5.41, 5.74) is 7.67. The number of aryl methyl sites for hydroxylation is 1. The highest BCUT2D eigenvalue weighted by Crippen LogP contribution is 2.27. The summed E-state index contributed by atoms with van der Waals surface area (Å²) in [5.74, 6) is 0.451. The van der Waals surface area contributed by atoms with E-state index in [-0.39, 0.29) is 0 Å². The minimum Gasteiger partial charge on any atom is -0.377 e. The fraction of sp³-hybridized carbons (Fsp3) is 0.600. The predicted molar refractivity (Wildman–Crippen MR) is 86.0 cm³/mol. The Balaban J connectivity index is 2.26. The number of nitrogens with two attached hydrogens (primary N) is 1. The third kappa shape index (κ3) is 3.39. The topological polar surface area (TPSA) is 66.6 Å². The van der Waals surface area contributed by atoms with E-state index in [4.69, 9.17) is 5.73 Å². The molecule has 0 saturated carbocycles. The number of nitrogens with zero attached hydrogens (tertiary/aromatic N) is 2. The Hall–Kier alpha value is -1.11. The molecule has 0 atom stereocenters. The third-order valence-corrected chi connectivity index (χ3v) is 6.10. The quantitative estimate of drug-likeness (QED) is 0.913. The van der Waals surface area contributed by atoms with Gasteiger partial charge in [-0.05, 0) is 49.9 Å². The van der Waals surface area contributed by atoms with E-state index in [9.17, 15) is 8.42 Å². The Kier molecular flexibility index (Phi) is 4.91. The normalized spacial score (nSPS) is 17.9. The number of piperidine rings is 1. The Bertz CT molecular complexity index is 591. The fourth-order valence-corrected chi connectivity index (χ4v) is 4.26. The van der Waals surface area contributed by atoms with Gasteiger partial charge in [0.2, 0.25) is 10.0 Å². The average Bonchev–Trinajstić information content (AvgIpc) is 2.47. The van der Waals surface area contributed by atoms with Gasteiger partial charge in [-0.1, -0.05) is 6.07 Å². The predicted octanol–water partition coefficient (Wildman–Crippen LogP) is 1.42. The lowest BCUT2D eigenvalue weighted by Gasteiger charge is -2.30. The molecule has 0 unspecified atom stereocenters. The minimum atomic E-state index is -3.40. The van der Waals surface area contributed by atoms with Gasteiger partial charge >= 0.3 is 0 Å². The summed E-state index contributed by atoms with van der Waals surface area (Å²) >= 11 is 0. The van der Waals surface area contributed by atoms with Gasteiger partial charge in [-0.25, -0.2) is 8.42 Å². The summed E-state index contributed by atoms with van der Waals surface area (Å²) in [6.07, 6.45) is 1.70. The first-order chi connectivity index (χ1) is 9.86. The Morgan fingerprint density at radius 1 is 1.29 bits per heavy atom. The van der Waals surface area contributed by atoms with Gasteiger partial charge in [-0.3, -0.25) is 0 Å². The van der Waals surface area contributed by atoms with Crippen LogP contribution in [0, 0.1) is 12.8 Å². The second kappa shape index (κ2) is 6.34. The van der Waals surface area contributed by atoms with Crippen molar-refractivity contribution >= 4 is 15.7 Å². The molecule has 21 heavy (non-hydrogen) atoms. The first-order valence-electron chi connectivity index (χ1n) is 7.34. The van der Waals surface area contributed by atoms with Crippen LogP contribution in [0.15, 0.2) is 23.1 Å². The number of sulfonamides is 1. The Labute approximate surface area is 127 Å². The van der Waals surface area contributed by atoms with E-state index in [1.165, 1.54) is 0 Å². The van der Waals surface area contributed by atoms with Crippen LogP contribution < -0.4 is 10.6 Å². The molecule has 1 aromatic rings. The lowest BCUT2D eigenvalue weighted by Crippen LogP contribution is -2.40. The van der Waals surface area contributed by atoms with E-state index in [1.807, 2.05) is 32.0 Å². The molecule has 1 saturated heterocycles. The Morgan fingerprint density at radius 3 is 2.43 bits per heavy atom. The van der Waals surface area contributed by atoms with E-state index in [0.717, 1.165) is 24.1 Å². The van der Waals surface area contributed by atoms with E-state index in [1.54, 1.807) is 16.4 Å². The summed E-state index contributed by atoms with van der Waals surface area (Å²) < 4.78 is 27.1. The van der Waals surface area contributed by atoms with Gasteiger partial charge in [0.1, 0.15) is 0 Å². The molecule has 1 fully saturated rings. The maximum atomic E-state index is 12.7. The maximum absolute atomic E-state index is 12.7. The first kappa shape index (κ1) is 16.3. The highest BCUT2D eigenvalue weighted by molar-refractivity contribution is 7.89. The maximum Gasteiger partial charge on any atom is 0.243 e. The van der Waals surface area contributed by atoms with Crippen molar-refractivity contribution in [2.24, 2.45) is 11.7 Å². The average molecular weight is 311 g/mol. The zero-order valence-corrected chi connectivity index (χ0v) is 13.9. The second-order valence-corrected chi connectivity index (χ2v) is 7.86. The number of rotatable bonds is 4. The molecular formula is C15H25N3O2S. The summed E-state index contributed by atoms with van der Waals surface area (Å²) in [4.78, 5) is 2.32. The largest absolute Gasteiger partial charge is 0.377 e. The third-order valence-electron chi connectivity index (χ3n) is 4.21. The highest BCUT2D eigenvalue weighted by Gasteiger charge is 2.29. The molecule has 1 aliphatic heterocycles. The molecule has 118 valence electrons. The van der Waals surface area contributed by atoms with Crippen LogP contribution in [-0.4, -0.2) is 46.5 Å². The van der Waals surface area contributed by atoms with E-state index in [2.05, 4.69) is 0 Å². The minimum absolute atomic E-state index is 0.378. The van der Waals surface area contributed by atoms with Gasteiger partial charge in [0.05, 0.1) is 4.90 Å². The van der Waals surface area contributed by atoms with Crippen molar-refractivity contribution < 1.29 is 8.42 Å². The van der Waals surface area contributed by atoms with Crippen LogP contribution in [-0.2, 0) is 10.0 Å². The van der Waals surface area contributed by atoms with Gasteiger partial charge in [-0.15, -0.1) is 0 Å². The number of benzene rings is 1. The van der Waals surface area contributed by atoms with Crippen molar-refractivity contribution in [3.05, 3.63) is 23.8 Å². The van der Waals surface area contributed by atoms with Gasteiger partial charge in [0, 0.05) is 32.9 Å². The van der Waals surface area contributed by atoms with Gasteiger partial charge in [-0.2, -0.15) is 4.31 Å². The van der Waals surface area contributed by atoms with Crippen molar-refractivity contribution in [2.45, 2.75) is 24.7 Å². The van der Waals surface area contributed by atoms with Crippen molar-refractivity contribution in [3.8, 4) is 0 Å². The monoisotopic (exact) mass is 311 g/mol. The smallest absolute Gasteiger partial charge is 0.243 e. The SMILES string of the molecule is Cc1ccc(S(=O)(=O)N2CCC(CN)CC2)cc1N(C)C. The molecule has 0 aromatic heterocycles. The van der Waals surface area contributed by atoms with Crippen LogP contribution in [0.2, 0.25) is 0 Å². The summed E-state index contributed by atoms with van der Waals surface area (Å²) in [6, 6.07) is 5.33. The summed E-state index contributed by atoms with van der Waals surface area (Å²) in [5, 5.41) is 0. The molecular weight excluding hydrogens is 286 g/mol. The fourth-order valence-electron chi connectivity index (χ4n) is 2.77. The summed E-state index contributed by atoms with van der Waals surface area (Å²) in [7, 11) is 0.444. The zero-order chi connectivity index (χ0) is 15.6. The molecule has 0 radical (unpaired) electrons. The lowest BCUT2D eigenvalue weighted by molar-refractivity contribution is 0.278. The summed E-state index contributed by atoms with van der Waals surface area (Å²) in [6.45, 7) is 3.76. The molecule has 0 amide bonds. The number of hydrogen-bond acceptors (Lipinski definition) is 4. The van der Waals surface area contributed by atoms with Gasteiger partial charge < -0.3 is 10.6 Å². The molecule has 1 aliphatic rings. The van der Waals surface area contributed by atoms with Gasteiger partial charge in [0.15, 0.2) is 0 Å². The second-order valence-electron chi connectivity index (χ2n) is 5.93. The van der Waals surface area contributed by atoms with Crippen molar-refractivity contribution in [1.29, 1.82) is 0 Å². The lowest BCUT2D eigenvalue weighted by atomic mass is 9.99.